The molecule has 1 saturated heterocycles. The molecule has 24 heavy (non-hydrogen) atoms. The van der Waals surface area contributed by atoms with Crippen LogP contribution in [0, 0.1) is 0 Å². The van der Waals surface area contributed by atoms with Crippen LogP contribution in [0.3, 0.4) is 0 Å². The predicted octanol–water partition coefficient (Wildman–Crippen LogP) is 3.98. The Balaban J connectivity index is 1.76. The third-order valence-corrected chi connectivity index (χ3v) is 4.50. The molecule has 0 aliphatic carbocycles. The van der Waals surface area contributed by atoms with Crippen molar-refractivity contribution >= 4 is 11.8 Å². The highest BCUT2D eigenvalue weighted by Crippen LogP contribution is 2.18. The van der Waals surface area contributed by atoms with Crippen molar-refractivity contribution in [2.45, 2.75) is 58.4 Å². The fourth-order valence-electron chi connectivity index (χ4n) is 3.21. The number of Topliss-reactive ketones (excluding diaryl/α,β-unsaturated/α-hetero) is 1. The van der Waals surface area contributed by atoms with E-state index in [1.54, 1.807) is 0 Å². The Morgan fingerprint density at radius 1 is 1.04 bits per heavy atom. The molecule has 1 aliphatic rings. The summed E-state index contributed by atoms with van der Waals surface area (Å²) in [6, 6.07) is 7.99. The van der Waals surface area contributed by atoms with Crippen LogP contribution >= 0.6 is 0 Å². The zero-order chi connectivity index (χ0) is 17.2. The first kappa shape index (κ1) is 18.7. The van der Waals surface area contributed by atoms with Crippen LogP contribution in [0.2, 0.25) is 0 Å². The third-order valence-electron chi connectivity index (χ3n) is 4.50. The number of hydrogen-bond acceptors (Lipinski definition) is 4. The van der Waals surface area contributed by atoms with Gasteiger partial charge in [-0.3, -0.25) is 14.5 Å². The molecule has 0 saturated carbocycles. The molecule has 132 valence electrons. The lowest BCUT2D eigenvalue weighted by atomic mass is 9.99. The van der Waals surface area contributed by atoms with Gasteiger partial charge in [-0.2, -0.15) is 0 Å². The van der Waals surface area contributed by atoms with Crippen molar-refractivity contribution in [3.05, 3.63) is 35.4 Å². The summed E-state index contributed by atoms with van der Waals surface area (Å²) in [4.78, 5) is 26.2. The summed E-state index contributed by atoms with van der Waals surface area (Å²) in [5, 5.41) is 0. The van der Waals surface area contributed by atoms with Crippen molar-refractivity contribution in [3.63, 3.8) is 0 Å². The standard InChI is InChI=1S/C20H29NO3/c1-2-24-20(23)13-5-3-4-12-19(22)18-11-7-6-10-17(18)16-21-14-8-9-15-21/h6-7,10-11H,2-5,8-9,12-16H2,1H3. The number of ether oxygens (including phenoxy) is 1. The first-order valence-corrected chi connectivity index (χ1v) is 9.19. The highest BCUT2D eigenvalue weighted by atomic mass is 16.5. The summed E-state index contributed by atoms with van der Waals surface area (Å²) in [5.74, 6) is 0.0840. The van der Waals surface area contributed by atoms with E-state index in [-0.39, 0.29) is 11.8 Å². The first-order chi connectivity index (χ1) is 11.7. The predicted molar refractivity (Wildman–Crippen MR) is 95.0 cm³/mol. The largest absolute Gasteiger partial charge is 0.466 e. The molecule has 1 aliphatic heterocycles. The second kappa shape index (κ2) is 10.2. The summed E-state index contributed by atoms with van der Waals surface area (Å²) >= 11 is 0. The minimum absolute atomic E-state index is 0.139. The fourth-order valence-corrected chi connectivity index (χ4v) is 3.21. The van der Waals surface area contributed by atoms with Crippen molar-refractivity contribution in [3.8, 4) is 0 Å². The Bertz CT molecular complexity index is 535. The molecule has 1 aromatic carbocycles. The number of likely N-dealkylation sites (tertiary alicyclic amines) is 1. The Hall–Kier alpha value is -1.68. The van der Waals surface area contributed by atoms with Crippen LogP contribution in [0.15, 0.2) is 24.3 Å². The number of ketones is 1. The summed E-state index contributed by atoms with van der Waals surface area (Å²) in [7, 11) is 0. The highest BCUT2D eigenvalue weighted by molar-refractivity contribution is 5.97. The lowest BCUT2D eigenvalue weighted by molar-refractivity contribution is -0.143. The quantitative estimate of drug-likeness (QED) is 0.370. The van der Waals surface area contributed by atoms with Gasteiger partial charge in [-0.1, -0.05) is 30.7 Å². The maximum Gasteiger partial charge on any atom is 0.305 e. The molecule has 0 atom stereocenters. The first-order valence-electron chi connectivity index (χ1n) is 9.19. The number of nitrogens with zero attached hydrogens (tertiary/aromatic N) is 1. The lowest BCUT2D eigenvalue weighted by Gasteiger charge is -2.17. The minimum Gasteiger partial charge on any atom is -0.466 e. The molecular weight excluding hydrogens is 302 g/mol. The zero-order valence-electron chi connectivity index (χ0n) is 14.8. The molecule has 4 nitrogen and oxygen atoms in total. The van der Waals surface area contributed by atoms with Gasteiger partial charge in [0.2, 0.25) is 0 Å². The van der Waals surface area contributed by atoms with Gasteiger partial charge in [0.1, 0.15) is 0 Å². The fraction of sp³-hybridized carbons (Fsp3) is 0.600. The van der Waals surface area contributed by atoms with E-state index >= 15 is 0 Å². The molecule has 0 N–H and O–H groups in total. The number of rotatable bonds is 10. The van der Waals surface area contributed by atoms with Gasteiger partial charge in [-0.05, 0) is 51.3 Å². The summed E-state index contributed by atoms with van der Waals surface area (Å²) in [6.07, 6.45) is 6.04. The lowest BCUT2D eigenvalue weighted by Crippen LogP contribution is -2.20. The molecule has 0 bridgehead atoms. The van der Waals surface area contributed by atoms with Gasteiger partial charge < -0.3 is 4.74 Å². The number of unbranched alkanes of at least 4 members (excludes halogenated alkanes) is 2. The van der Waals surface area contributed by atoms with Gasteiger partial charge >= 0.3 is 5.97 Å². The van der Waals surface area contributed by atoms with Crippen LogP contribution in [0.25, 0.3) is 0 Å². The molecule has 0 unspecified atom stereocenters. The summed E-state index contributed by atoms with van der Waals surface area (Å²) in [6.45, 7) is 5.40. The molecular formula is C20H29NO3. The second-order valence-electron chi connectivity index (χ2n) is 6.43. The molecule has 4 heteroatoms. The minimum atomic E-state index is -0.139. The SMILES string of the molecule is CCOC(=O)CCCCCC(=O)c1ccccc1CN1CCCC1. The number of carbonyl (C=O) groups is 2. The van der Waals surface area contributed by atoms with Crippen LogP contribution in [0.4, 0.5) is 0 Å². The summed E-state index contributed by atoms with van der Waals surface area (Å²) < 4.78 is 4.91. The van der Waals surface area contributed by atoms with Crippen molar-refractivity contribution in [2.24, 2.45) is 0 Å². The maximum absolute atomic E-state index is 12.5. The number of esters is 1. The normalized spacial score (nSPS) is 14.7. The van der Waals surface area contributed by atoms with Crippen LogP contribution in [-0.4, -0.2) is 36.3 Å². The molecule has 2 rings (SSSR count). The van der Waals surface area contributed by atoms with Gasteiger partial charge in [0.25, 0.3) is 0 Å². The smallest absolute Gasteiger partial charge is 0.305 e. The van der Waals surface area contributed by atoms with Gasteiger partial charge in [-0.15, -0.1) is 0 Å². The van der Waals surface area contributed by atoms with E-state index in [0.29, 0.717) is 19.4 Å². The molecule has 0 amide bonds. The molecule has 0 radical (unpaired) electrons. The maximum atomic E-state index is 12.5. The van der Waals surface area contributed by atoms with E-state index in [2.05, 4.69) is 11.0 Å². The van der Waals surface area contributed by atoms with Gasteiger partial charge in [0.05, 0.1) is 6.61 Å². The van der Waals surface area contributed by atoms with E-state index in [1.165, 1.54) is 12.8 Å². The van der Waals surface area contributed by atoms with Gasteiger partial charge in [0.15, 0.2) is 5.78 Å². The monoisotopic (exact) mass is 331 g/mol. The zero-order valence-corrected chi connectivity index (χ0v) is 14.8. The molecule has 1 heterocycles. The van der Waals surface area contributed by atoms with Crippen LogP contribution in [0.5, 0.6) is 0 Å². The Kier molecular flexibility index (Phi) is 7.96. The average Bonchev–Trinajstić information content (AvgIpc) is 3.08. The molecule has 0 aromatic heterocycles. The van der Waals surface area contributed by atoms with Gasteiger partial charge in [0, 0.05) is 24.9 Å². The van der Waals surface area contributed by atoms with E-state index in [1.807, 2.05) is 25.1 Å². The number of hydrogen-bond donors (Lipinski definition) is 0. The highest BCUT2D eigenvalue weighted by Gasteiger charge is 2.16. The van der Waals surface area contributed by atoms with E-state index in [9.17, 15) is 9.59 Å². The van der Waals surface area contributed by atoms with Crippen molar-refractivity contribution in [2.75, 3.05) is 19.7 Å². The summed E-state index contributed by atoms with van der Waals surface area (Å²) in [5.41, 5.74) is 2.02. The molecule has 1 aromatic rings. The topological polar surface area (TPSA) is 46.6 Å². The number of carbonyl (C=O) groups excluding carboxylic acids is 2. The van der Waals surface area contributed by atoms with Crippen molar-refractivity contribution in [1.82, 2.24) is 4.90 Å². The van der Waals surface area contributed by atoms with Crippen LogP contribution in [-0.2, 0) is 16.1 Å². The van der Waals surface area contributed by atoms with E-state index in [0.717, 1.165) is 50.0 Å². The molecule has 1 fully saturated rings. The molecule has 0 spiro atoms. The number of benzene rings is 1. The van der Waals surface area contributed by atoms with E-state index in [4.69, 9.17) is 4.74 Å². The van der Waals surface area contributed by atoms with Gasteiger partial charge in [-0.25, -0.2) is 0 Å². The average molecular weight is 331 g/mol. The van der Waals surface area contributed by atoms with Crippen LogP contribution < -0.4 is 0 Å². The Labute approximate surface area is 145 Å². The van der Waals surface area contributed by atoms with E-state index < -0.39 is 0 Å². The van der Waals surface area contributed by atoms with Crippen LogP contribution in [0.1, 0.15) is 67.8 Å². The van der Waals surface area contributed by atoms with Crippen molar-refractivity contribution in [1.29, 1.82) is 0 Å². The third kappa shape index (κ3) is 6.08. The second-order valence-corrected chi connectivity index (χ2v) is 6.43. The Morgan fingerprint density at radius 2 is 1.75 bits per heavy atom. The Morgan fingerprint density at radius 3 is 2.50 bits per heavy atom. The van der Waals surface area contributed by atoms with Crippen molar-refractivity contribution < 1.29 is 14.3 Å².